The molecule has 0 saturated carbocycles. The summed E-state index contributed by atoms with van der Waals surface area (Å²) in [5.41, 5.74) is 1.07. The molecule has 1 unspecified atom stereocenters. The highest BCUT2D eigenvalue weighted by molar-refractivity contribution is 5.97. The van der Waals surface area contributed by atoms with E-state index in [4.69, 9.17) is 9.47 Å². The molecule has 4 rings (SSSR count). The molecule has 1 aliphatic rings. The summed E-state index contributed by atoms with van der Waals surface area (Å²) in [6, 6.07) is 14.7. The number of benzene rings is 2. The van der Waals surface area contributed by atoms with Crippen molar-refractivity contribution in [3.05, 3.63) is 70.4 Å². The Morgan fingerprint density at radius 1 is 1.10 bits per heavy atom. The van der Waals surface area contributed by atoms with Crippen LogP contribution in [0.15, 0.2) is 53.3 Å². The zero-order valence-corrected chi connectivity index (χ0v) is 17.9. The minimum absolute atomic E-state index is 0.0453. The number of carbonyl (C=O) groups is 1. The largest absolute Gasteiger partial charge is 0.497 e. The van der Waals surface area contributed by atoms with E-state index < -0.39 is 0 Å². The Bertz CT molecular complexity index is 1140. The van der Waals surface area contributed by atoms with Crippen LogP contribution in [0.1, 0.15) is 34.9 Å². The molecule has 2 heterocycles. The minimum Gasteiger partial charge on any atom is -0.497 e. The predicted octanol–water partition coefficient (Wildman–Crippen LogP) is 2.61. The average Bonchev–Trinajstić information content (AvgIpc) is 3.13. The van der Waals surface area contributed by atoms with Crippen LogP contribution in [0.5, 0.6) is 11.5 Å². The van der Waals surface area contributed by atoms with Crippen molar-refractivity contribution in [2.75, 3.05) is 27.3 Å². The van der Waals surface area contributed by atoms with Gasteiger partial charge in [0, 0.05) is 32.1 Å². The van der Waals surface area contributed by atoms with Gasteiger partial charge in [0.05, 0.1) is 25.5 Å². The third-order valence-corrected chi connectivity index (χ3v) is 5.68. The summed E-state index contributed by atoms with van der Waals surface area (Å²) >= 11 is 0. The quantitative estimate of drug-likeness (QED) is 0.632. The Morgan fingerprint density at radius 2 is 1.87 bits per heavy atom. The van der Waals surface area contributed by atoms with E-state index >= 15 is 0 Å². The highest BCUT2D eigenvalue weighted by Gasteiger charge is 2.31. The first-order valence-corrected chi connectivity index (χ1v) is 10.3. The van der Waals surface area contributed by atoms with Gasteiger partial charge < -0.3 is 14.4 Å². The molecule has 31 heavy (non-hydrogen) atoms. The predicted molar refractivity (Wildman–Crippen MR) is 116 cm³/mol. The average molecular weight is 422 g/mol. The van der Waals surface area contributed by atoms with Gasteiger partial charge in [-0.2, -0.15) is 5.10 Å². The van der Waals surface area contributed by atoms with Crippen LogP contribution in [0.2, 0.25) is 0 Å². The molecule has 1 amide bonds. The Balaban J connectivity index is 1.64. The van der Waals surface area contributed by atoms with E-state index in [-0.39, 0.29) is 17.5 Å². The van der Waals surface area contributed by atoms with Crippen molar-refractivity contribution in [1.82, 2.24) is 19.2 Å². The molecule has 1 fully saturated rings. The van der Waals surface area contributed by atoms with Gasteiger partial charge in [-0.05, 0) is 37.1 Å². The van der Waals surface area contributed by atoms with Crippen molar-refractivity contribution in [2.45, 2.75) is 18.8 Å². The summed E-state index contributed by atoms with van der Waals surface area (Å²) in [5, 5.41) is 4.52. The van der Waals surface area contributed by atoms with Gasteiger partial charge in [0.1, 0.15) is 17.3 Å². The number of methoxy groups -OCH3 is 2. The van der Waals surface area contributed by atoms with Crippen LogP contribution in [0.4, 0.5) is 0 Å². The van der Waals surface area contributed by atoms with Crippen LogP contribution < -0.4 is 15.2 Å². The van der Waals surface area contributed by atoms with E-state index in [9.17, 15) is 9.59 Å². The number of aromatic nitrogens is 3. The number of ether oxygens (including phenoxy) is 2. The number of carbonyl (C=O) groups excluding carboxylic acids is 1. The van der Waals surface area contributed by atoms with Gasteiger partial charge in [0.25, 0.3) is 5.91 Å². The fourth-order valence-electron chi connectivity index (χ4n) is 4.09. The molecule has 2 aromatic carbocycles. The molecule has 162 valence electrons. The lowest BCUT2D eigenvalue weighted by Gasteiger charge is -2.32. The lowest BCUT2D eigenvalue weighted by atomic mass is 9.96. The molecule has 0 aliphatic carbocycles. The van der Waals surface area contributed by atoms with E-state index in [1.807, 2.05) is 35.2 Å². The topological polar surface area (TPSA) is 78.6 Å². The lowest BCUT2D eigenvalue weighted by molar-refractivity contribution is 0.0700. The van der Waals surface area contributed by atoms with Crippen LogP contribution in [-0.2, 0) is 7.05 Å². The number of hydrogen-bond donors (Lipinski definition) is 0. The number of para-hydroxylation sites is 1. The van der Waals surface area contributed by atoms with Gasteiger partial charge in [-0.15, -0.1) is 0 Å². The molecule has 0 radical (unpaired) electrons. The summed E-state index contributed by atoms with van der Waals surface area (Å²) in [5.74, 6) is 1.64. The maximum atomic E-state index is 13.3. The minimum atomic E-state index is -0.193. The molecule has 1 atom stereocenters. The first kappa shape index (κ1) is 20.7. The standard InChI is InChI=1S/C23H26N4O4/c1-25-23(29)27(17-9-5-4-6-10-17)21(24-25)16-8-7-13-26(15-16)22(28)19-12-11-18(30-2)14-20(19)31-3/h4-6,9-12,14,16H,7-8,13,15H2,1-3H3. The Hall–Kier alpha value is -3.55. The molecule has 1 aliphatic heterocycles. The van der Waals surface area contributed by atoms with Crippen LogP contribution in [-0.4, -0.2) is 52.5 Å². The summed E-state index contributed by atoms with van der Waals surface area (Å²) in [4.78, 5) is 27.9. The third-order valence-electron chi connectivity index (χ3n) is 5.68. The van der Waals surface area contributed by atoms with E-state index in [1.54, 1.807) is 36.9 Å². The smallest absolute Gasteiger partial charge is 0.350 e. The van der Waals surface area contributed by atoms with E-state index in [1.165, 1.54) is 11.8 Å². The second kappa shape index (κ2) is 8.67. The second-order valence-electron chi connectivity index (χ2n) is 7.59. The van der Waals surface area contributed by atoms with Crippen molar-refractivity contribution < 1.29 is 14.3 Å². The molecule has 1 saturated heterocycles. The molecule has 0 N–H and O–H groups in total. The van der Waals surface area contributed by atoms with Crippen molar-refractivity contribution in [1.29, 1.82) is 0 Å². The summed E-state index contributed by atoms with van der Waals surface area (Å²) in [6.07, 6.45) is 1.68. The van der Waals surface area contributed by atoms with Crippen LogP contribution in [0, 0.1) is 0 Å². The molecule has 0 bridgehead atoms. The molecular weight excluding hydrogens is 396 g/mol. The number of rotatable bonds is 5. The van der Waals surface area contributed by atoms with Gasteiger partial charge >= 0.3 is 5.69 Å². The Morgan fingerprint density at radius 3 is 2.58 bits per heavy atom. The number of nitrogens with zero attached hydrogens (tertiary/aromatic N) is 4. The molecule has 8 nitrogen and oxygen atoms in total. The Labute approximate surface area is 180 Å². The van der Waals surface area contributed by atoms with E-state index in [2.05, 4.69) is 5.10 Å². The fourth-order valence-corrected chi connectivity index (χ4v) is 4.09. The van der Waals surface area contributed by atoms with Crippen molar-refractivity contribution in [3.63, 3.8) is 0 Å². The molecule has 0 spiro atoms. The van der Waals surface area contributed by atoms with Crippen molar-refractivity contribution in [3.8, 4) is 17.2 Å². The third kappa shape index (κ3) is 3.93. The molecular formula is C23H26N4O4. The number of amides is 1. The summed E-state index contributed by atoms with van der Waals surface area (Å²) in [6.45, 7) is 1.13. The van der Waals surface area contributed by atoms with Crippen molar-refractivity contribution >= 4 is 5.91 Å². The van der Waals surface area contributed by atoms with Gasteiger partial charge in [-0.3, -0.25) is 4.79 Å². The number of hydrogen-bond acceptors (Lipinski definition) is 5. The maximum Gasteiger partial charge on any atom is 0.350 e. The number of likely N-dealkylation sites (tertiary alicyclic amines) is 1. The lowest BCUT2D eigenvalue weighted by Crippen LogP contribution is -2.40. The second-order valence-corrected chi connectivity index (χ2v) is 7.59. The van der Waals surface area contributed by atoms with E-state index in [0.29, 0.717) is 36.0 Å². The van der Waals surface area contributed by atoms with E-state index in [0.717, 1.165) is 18.5 Å². The highest BCUT2D eigenvalue weighted by Crippen LogP contribution is 2.30. The fraction of sp³-hybridized carbons (Fsp3) is 0.348. The van der Waals surface area contributed by atoms with Gasteiger partial charge in [0.15, 0.2) is 0 Å². The SMILES string of the molecule is COc1ccc(C(=O)N2CCCC(c3nn(C)c(=O)n3-c3ccccc3)C2)c(OC)c1. The molecule has 8 heteroatoms. The summed E-state index contributed by atoms with van der Waals surface area (Å²) in [7, 11) is 4.76. The highest BCUT2D eigenvalue weighted by atomic mass is 16.5. The van der Waals surface area contributed by atoms with Gasteiger partial charge in [-0.1, -0.05) is 18.2 Å². The molecule has 3 aromatic rings. The first-order valence-electron chi connectivity index (χ1n) is 10.3. The first-order chi connectivity index (χ1) is 15.0. The number of aryl methyl sites for hydroxylation is 1. The maximum absolute atomic E-state index is 13.3. The van der Waals surface area contributed by atoms with Gasteiger partial charge in [-0.25, -0.2) is 14.0 Å². The molecule has 1 aromatic heterocycles. The summed E-state index contributed by atoms with van der Waals surface area (Å²) < 4.78 is 13.7. The van der Waals surface area contributed by atoms with Crippen LogP contribution >= 0.6 is 0 Å². The van der Waals surface area contributed by atoms with Crippen molar-refractivity contribution in [2.24, 2.45) is 7.05 Å². The Kier molecular flexibility index (Phi) is 5.79. The normalized spacial score (nSPS) is 16.2. The van der Waals surface area contributed by atoms with Crippen LogP contribution in [0.25, 0.3) is 5.69 Å². The zero-order valence-electron chi connectivity index (χ0n) is 17.9. The monoisotopic (exact) mass is 422 g/mol. The zero-order chi connectivity index (χ0) is 22.0. The number of piperidine rings is 1. The van der Waals surface area contributed by atoms with Gasteiger partial charge in [0.2, 0.25) is 0 Å². The van der Waals surface area contributed by atoms with Crippen LogP contribution in [0.3, 0.4) is 0 Å².